The molecule has 0 saturated carbocycles. The van der Waals surface area contributed by atoms with Crippen LogP contribution < -0.4 is 5.32 Å². The summed E-state index contributed by atoms with van der Waals surface area (Å²) in [6, 6.07) is 13.7. The van der Waals surface area contributed by atoms with Gasteiger partial charge in [0.2, 0.25) is 5.91 Å². The Balaban J connectivity index is 1.56. The number of H-pyrrole nitrogens is 2. The van der Waals surface area contributed by atoms with Gasteiger partial charge < -0.3 is 10.3 Å². The van der Waals surface area contributed by atoms with E-state index < -0.39 is 0 Å². The van der Waals surface area contributed by atoms with Crippen LogP contribution in [0.4, 0.5) is 4.39 Å². The number of hydrogen-bond acceptors (Lipinski definition) is 3. The van der Waals surface area contributed by atoms with E-state index in [9.17, 15) is 9.18 Å². The zero-order valence-corrected chi connectivity index (χ0v) is 17.2. The van der Waals surface area contributed by atoms with Crippen molar-refractivity contribution in [2.24, 2.45) is 5.92 Å². The Hall–Kier alpha value is -3.48. The molecule has 1 atom stereocenters. The number of hydrogen-bond donors (Lipinski definition) is 3. The van der Waals surface area contributed by atoms with Crippen molar-refractivity contribution in [1.29, 1.82) is 0 Å². The number of halogens is 1. The van der Waals surface area contributed by atoms with Gasteiger partial charge in [0.1, 0.15) is 11.6 Å². The number of nitrogens with zero attached hydrogens (tertiary/aromatic N) is 2. The van der Waals surface area contributed by atoms with Crippen molar-refractivity contribution in [3.63, 3.8) is 0 Å². The molecule has 0 spiro atoms. The molecule has 0 bridgehead atoms. The molecule has 4 aromatic rings. The Morgan fingerprint density at radius 2 is 1.87 bits per heavy atom. The fraction of sp³-hybridized carbons (Fsp3) is 0.261. The molecule has 4 rings (SSSR count). The van der Waals surface area contributed by atoms with Gasteiger partial charge in [-0.2, -0.15) is 5.10 Å². The average Bonchev–Trinajstić information content (AvgIpc) is 3.30. The Morgan fingerprint density at radius 3 is 2.57 bits per heavy atom. The average molecular weight is 405 g/mol. The molecule has 3 N–H and O–H groups in total. The van der Waals surface area contributed by atoms with Gasteiger partial charge in [-0.3, -0.25) is 9.89 Å². The Bertz CT molecular complexity index is 1140. The van der Waals surface area contributed by atoms with Crippen molar-refractivity contribution in [2.75, 3.05) is 0 Å². The third-order valence-electron chi connectivity index (χ3n) is 5.21. The quantitative estimate of drug-likeness (QED) is 0.443. The number of nitrogens with one attached hydrogen (secondary N) is 3. The molecule has 7 heteroatoms. The van der Waals surface area contributed by atoms with Gasteiger partial charge in [0.25, 0.3) is 0 Å². The summed E-state index contributed by atoms with van der Waals surface area (Å²) in [6.45, 7) is 5.97. The molecule has 6 nitrogen and oxygen atoms in total. The summed E-state index contributed by atoms with van der Waals surface area (Å²) >= 11 is 0. The molecule has 1 amide bonds. The second-order valence-corrected chi connectivity index (χ2v) is 7.79. The molecule has 2 heterocycles. The number of para-hydroxylation sites is 2. The van der Waals surface area contributed by atoms with E-state index in [1.54, 1.807) is 12.1 Å². The van der Waals surface area contributed by atoms with Crippen LogP contribution in [0.2, 0.25) is 0 Å². The summed E-state index contributed by atoms with van der Waals surface area (Å²) in [7, 11) is 0. The van der Waals surface area contributed by atoms with E-state index in [2.05, 4.69) is 25.5 Å². The first-order chi connectivity index (χ1) is 14.4. The highest BCUT2D eigenvalue weighted by atomic mass is 19.1. The van der Waals surface area contributed by atoms with Crippen molar-refractivity contribution < 1.29 is 9.18 Å². The highest BCUT2D eigenvalue weighted by Gasteiger charge is 2.23. The summed E-state index contributed by atoms with van der Waals surface area (Å²) < 4.78 is 13.3. The second-order valence-electron chi connectivity index (χ2n) is 7.79. The monoisotopic (exact) mass is 405 g/mol. The molecule has 0 fully saturated rings. The van der Waals surface area contributed by atoms with Crippen molar-refractivity contribution in [3.8, 4) is 11.3 Å². The zero-order chi connectivity index (χ0) is 21.3. The lowest BCUT2D eigenvalue weighted by atomic mass is 10.0. The van der Waals surface area contributed by atoms with Crippen LogP contribution in [0, 0.1) is 18.7 Å². The minimum absolute atomic E-state index is 0.123. The number of aromatic amines is 2. The zero-order valence-electron chi connectivity index (χ0n) is 17.2. The summed E-state index contributed by atoms with van der Waals surface area (Å²) in [5.74, 6) is 0.455. The lowest BCUT2D eigenvalue weighted by Gasteiger charge is -2.20. The maximum Gasteiger partial charge on any atom is 0.225 e. The molecule has 154 valence electrons. The predicted octanol–water partition coefficient (Wildman–Crippen LogP) is 4.46. The molecule has 0 aliphatic carbocycles. The fourth-order valence-electron chi connectivity index (χ4n) is 3.57. The molecule has 2 aromatic carbocycles. The van der Waals surface area contributed by atoms with Crippen LogP contribution in [0.25, 0.3) is 22.3 Å². The maximum atomic E-state index is 13.3. The van der Waals surface area contributed by atoms with Crippen molar-refractivity contribution in [3.05, 3.63) is 71.4 Å². The molecule has 0 aliphatic rings. The van der Waals surface area contributed by atoms with Gasteiger partial charge in [0.15, 0.2) is 0 Å². The van der Waals surface area contributed by atoms with Crippen LogP contribution in [-0.4, -0.2) is 26.1 Å². The van der Waals surface area contributed by atoms with Gasteiger partial charge in [-0.1, -0.05) is 26.0 Å². The van der Waals surface area contributed by atoms with Gasteiger partial charge in [-0.15, -0.1) is 0 Å². The van der Waals surface area contributed by atoms with E-state index in [1.807, 2.05) is 45.0 Å². The first kappa shape index (κ1) is 19.8. The fourth-order valence-corrected chi connectivity index (χ4v) is 3.57. The summed E-state index contributed by atoms with van der Waals surface area (Å²) in [5.41, 5.74) is 4.85. The number of imidazole rings is 1. The third kappa shape index (κ3) is 3.96. The molecular weight excluding hydrogens is 381 g/mol. The van der Waals surface area contributed by atoms with Gasteiger partial charge >= 0.3 is 0 Å². The molecule has 1 unspecified atom stereocenters. The van der Waals surface area contributed by atoms with E-state index in [4.69, 9.17) is 0 Å². The smallest absolute Gasteiger partial charge is 0.225 e. The predicted molar refractivity (Wildman–Crippen MR) is 114 cm³/mol. The van der Waals surface area contributed by atoms with Crippen molar-refractivity contribution in [1.82, 2.24) is 25.5 Å². The van der Waals surface area contributed by atoms with Crippen LogP contribution in [-0.2, 0) is 11.2 Å². The first-order valence-electron chi connectivity index (χ1n) is 9.96. The standard InChI is InChI=1S/C23H24FN5O/c1-13(2)21(23-25-18-6-4-5-7-19(18)26-23)27-20(30)12-17-14(3)28-29-22(17)15-8-10-16(24)11-9-15/h4-11,13,21H,12H2,1-3H3,(H,25,26)(H,27,30)(H,28,29). The molecular formula is C23H24FN5O. The normalized spacial score (nSPS) is 12.4. The van der Waals surface area contributed by atoms with Crippen LogP contribution in [0.5, 0.6) is 0 Å². The van der Waals surface area contributed by atoms with Crippen LogP contribution >= 0.6 is 0 Å². The van der Waals surface area contributed by atoms with Crippen molar-refractivity contribution >= 4 is 16.9 Å². The largest absolute Gasteiger partial charge is 0.346 e. The summed E-state index contributed by atoms with van der Waals surface area (Å²) in [4.78, 5) is 20.9. The number of fused-ring (bicyclic) bond motifs is 1. The molecule has 0 radical (unpaired) electrons. The molecule has 2 aromatic heterocycles. The van der Waals surface area contributed by atoms with Gasteiger partial charge in [-0.05, 0) is 49.2 Å². The minimum atomic E-state index is -0.309. The second kappa shape index (κ2) is 8.10. The lowest BCUT2D eigenvalue weighted by Crippen LogP contribution is -2.33. The first-order valence-corrected chi connectivity index (χ1v) is 9.96. The molecule has 30 heavy (non-hydrogen) atoms. The topological polar surface area (TPSA) is 86.5 Å². The Labute approximate surface area is 173 Å². The van der Waals surface area contributed by atoms with E-state index in [-0.39, 0.29) is 30.1 Å². The minimum Gasteiger partial charge on any atom is -0.346 e. The number of amides is 1. The van der Waals surface area contributed by atoms with Crippen LogP contribution in [0.3, 0.4) is 0 Å². The van der Waals surface area contributed by atoms with Gasteiger partial charge in [0.05, 0.1) is 29.2 Å². The van der Waals surface area contributed by atoms with E-state index in [0.717, 1.165) is 33.7 Å². The molecule has 0 aliphatic heterocycles. The number of aromatic nitrogens is 4. The third-order valence-corrected chi connectivity index (χ3v) is 5.21. The maximum absolute atomic E-state index is 13.3. The SMILES string of the molecule is Cc1[nH]nc(-c2ccc(F)cc2)c1CC(=O)NC(c1nc2ccccc2[nH]1)C(C)C. The van der Waals surface area contributed by atoms with E-state index >= 15 is 0 Å². The number of rotatable bonds is 6. The number of carbonyl (C=O) groups is 1. The molecule has 0 saturated heterocycles. The number of benzene rings is 2. The lowest BCUT2D eigenvalue weighted by molar-refractivity contribution is -0.121. The van der Waals surface area contributed by atoms with Crippen LogP contribution in [0.15, 0.2) is 48.5 Å². The van der Waals surface area contributed by atoms with E-state index in [0.29, 0.717) is 5.69 Å². The van der Waals surface area contributed by atoms with Gasteiger partial charge in [-0.25, -0.2) is 9.37 Å². The highest BCUT2D eigenvalue weighted by Crippen LogP contribution is 2.26. The number of aryl methyl sites for hydroxylation is 1. The summed E-state index contributed by atoms with van der Waals surface area (Å²) in [5, 5.41) is 10.4. The van der Waals surface area contributed by atoms with Crippen LogP contribution in [0.1, 0.15) is 37.0 Å². The number of carbonyl (C=O) groups excluding carboxylic acids is 1. The Kier molecular flexibility index (Phi) is 5.35. The summed E-state index contributed by atoms with van der Waals surface area (Å²) in [6.07, 6.45) is 0.165. The van der Waals surface area contributed by atoms with Gasteiger partial charge in [0, 0.05) is 16.8 Å². The highest BCUT2D eigenvalue weighted by molar-refractivity contribution is 5.82. The van der Waals surface area contributed by atoms with Crippen molar-refractivity contribution in [2.45, 2.75) is 33.2 Å². The van der Waals surface area contributed by atoms with E-state index in [1.165, 1.54) is 12.1 Å². The Morgan fingerprint density at radius 1 is 1.13 bits per heavy atom.